The SMILES string of the molecule is C/C=C(\C)OC(=O)O/C(C)=C/C. The van der Waals surface area contributed by atoms with Crippen LogP contribution < -0.4 is 0 Å². The predicted molar refractivity (Wildman–Crippen MR) is 46.4 cm³/mol. The summed E-state index contributed by atoms with van der Waals surface area (Å²) in [5.74, 6) is 1.06. The lowest BCUT2D eigenvalue weighted by Gasteiger charge is -2.04. The van der Waals surface area contributed by atoms with Gasteiger partial charge in [0.15, 0.2) is 0 Å². The zero-order valence-electron chi connectivity index (χ0n) is 7.88. The molecule has 0 aromatic rings. The average molecular weight is 170 g/mol. The highest BCUT2D eigenvalue weighted by molar-refractivity contribution is 5.62. The van der Waals surface area contributed by atoms with E-state index in [-0.39, 0.29) is 0 Å². The van der Waals surface area contributed by atoms with Gasteiger partial charge in [-0.3, -0.25) is 0 Å². The van der Waals surface area contributed by atoms with Crippen molar-refractivity contribution in [2.24, 2.45) is 0 Å². The lowest BCUT2D eigenvalue weighted by atomic mass is 10.5. The van der Waals surface area contributed by atoms with Crippen molar-refractivity contribution in [3.05, 3.63) is 23.7 Å². The molecule has 0 fully saturated rings. The van der Waals surface area contributed by atoms with Gasteiger partial charge in [0.05, 0.1) is 0 Å². The highest BCUT2D eigenvalue weighted by Gasteiger charge is 2.04. The predicted octanol–water partition coefficient (Wildman–Crippen LogP) is 2.99. The van der Waals surface area contributed by atoms with Gasteiger partial charge in [-0.15, -0.1) is 0 Å². The van der Waals surface area contributed by atoms with Crippen molar-refractivity contribution >= 4 is 6.16 Å². The number of hydrogen-bond donors (Lipinski definition) is 0. The van der Waals surface area contributed by atoms with E-state index < -0.39 is 6.16 Å². The number of allylic oxidation sites excluding steroid dienone is 4. The molecule has 0 N–H and O–H groups in total. The molecule has 68 valence electrons. The summed E-state index contributed by atoms with van der Waals surface area (Å²) >= 11 is 0. The normalized spacial score (nSPS) is 12.7. The van der Waals surface area contributed by atoms with Gasteiger partial charge in [0.1, 0.15) is 11.5 Å². The van der Waals surface area contributed by atoms with Crippen molar-refractivity contribution in [3.63, 3.8) is 0 Å². The van der Waals surface area contributed by atoms with Crippen LogP contribution in [0.15, 0.2) is 23.7 Å². The van der Waals surface area contributed by atoms with E-state index in [0.29, 0.717) is 11.5 Å². The van der Waals surface area contributed by atoms with Gasteiger partial charge >= 0.3 is 6.16 Å². The highest BCUT2D eigenvalue weighted by atomic mass is 16.7. The van der Waals surface area contributed by atoms with Crippen LogP contribution in [0.1, 0.15) is 27.7 Å². The van der Waals surface area contributed by atoms with Gasteiger partial charge in [-0.2, -0.15) is 0 Å². The third-order valence-electron chi connectivity index (χ3n) is 1.30. The second-order valence-corrected chi connectivity index (χ2v) is 2.25. The fourth-order valence-corrected chi connectivity index (χ4v) is 0.402. The molecule has 0 aliphatic rings. The molecule has 12 heavy (non-hydrogen) atoms. The topological polar surface area (TPSA) is 35.5 Å². The van der Waals surface area contributed by atoms with Crippen molar-refractivity contribution in [1.29, 1.82) is 0 Å². The Balaban J connectivity index is 3.91. The lowest BCUT2D eigenvalue weighted by Crippen LogP contribution is -2.04. The zero-order valence-corrected chi connectivity index (χ0v) is 7.88. The summed E-state index contributed by atoms with van der Waals surface area (Å²) in [6.07, 6.45) is 2.68. The number of ether oxygens (including phenoxy) is 2. The van der Waals surface area contributed by atoms with Crippen LogP contribution in [0.25, 0.3) is 0 Å². The van der Waals surface area contributed by atoms with Crippen LogP contribution in [0.5, 0.6) is 0 Å². The van der Waals surface area contributed by atoms with Crippen molar-refractivity contribution in [2.75, 3.05) is 0 Å². The molecule has 3 heteroatoms. The van der Waals surface area contributed by atoms with Gasteiger partial charge in [-0.05, 0) is 39.8 Å². The van der Waals surface area contributed by atoms with Crippen LogP contribution in [0.2, 0.25) is 0 Å². The Morgan fingerprint density at radius 2 is 1.33 bits per heavy atom. The van der Waals surface area contributed by atoms with Crippen LogP contribution in [-0.4, -0.2) is 6.16 Å². The number of carbonyl (C=O) groups excluding carboxylic acids is 1. The fourth-order valence-electron chi connectivity index (χ4n) is 0.402. The minimum Gasteiger partial charge on any atom is -0.400 e. The summed E-state index contributed by atoms with van der Waals surface area (Å²) in [5, 5.41) is 0. The summed E-state index contributed by atoms with van der Waals surface area (Å²) in [5.41, 5.74) is 0. The molecule has 0 spiro atoms. The molecule has 0 heterocycles. The van der Waals surface area contributed by atoms with Gasteiger partial charge < -0.3 is 9.47 Å². The maximum absolute atomic E-state index is 10.9. The molecule has 0 atom stereocenters. The standard InChI is InChI=1S/C9H14O3/c1-5-7(3)11-9(10)12-8(4)6-2/h5-6H,1-4H3/b7-5+,8-6+. The minimum absolute atomic E-state index is 0.531. The van der Waals surface area contributed by atoms with E-state index in [1.807, 2.05) is 0 Å². The Morgan fingerprint density at radius 3 is 1.58 bits per heavy atom. The number of hydrogen-bond acceptors (Lipinski definition) is 3. The van der Waals surface area contributed by atoms with Crippen molar-refractivity contribution < 1.29 is 14.3 Å². The molecule has 0 bridgehead atoms. The number of carbonyl (C=O) groups is 1. The molecule has 0 aliphatic carbocycles. The Morgan fingerprint density at radius 1 is 1.00 bits per heavy atom. The summed E-state index contributed by atoms with van der Waals surface area (Å²) in [7, 11) is 0. The fraction of sp³-hybridized carbons (Fsp3) is 0.444. The first kappa shape index (κ1) is 10.8. The van der Waals surface area contributed by atoms with Crippen LogP contribution in [-0.2, 0) is 9.47 Å². The molecule has 3 nitrogen and oxygen atoms in total. The third-order valence-corrected chi connectivity index (χ3v) is 1.30. The van der Waals surface area contributed by atoms with Crippen LogP contribution in [0.4, 0.5) is 4.79 Å². The van der Waals surface area contributed by atoms with Crippen LogP contribution >= 0.6 is 0 Å². The summed E-state index contributed by atoms with van der Waals surface area (Å²) in [6, 6.07) is 0. The Labute approximate surface area is 72.7 Å². The molecular formula is C9H14O3. The van der Waals surface area contributed by atoms with Gasteiger partial charge in [-0.25, -0.2) is 4.79 Å². The molecule has 0 radical (unpaired) electrons. The maximum Gasteiger partial charge on any atom is 0.518 e. The van der Waals surface area contributed by atoms with E-state index in [0.717, 1.165) is 0 Å². The first-order valence-electron chi connectivity index (χ1n) is 3.75. The van der Waals surface area contributed by atoms with Crippen molar-refractivity contribution in [3.8, 4) is 0 Å². The van der Waals surface area contributed by atoms with E-state index in [1.54, 1.807) is 39.8 Å². The second-order valence-electron chi connectivity index (χ2n) is 2.25. The molecular weight excluding hydrogens is 156 g/mol. The Bertz CT molecular complexity index is 192. The first-order chi connectivity index (χ1) is 5.60. The summed E-state index contributed by atoms with van der Waals surface area (Å²) in [6.45, 7) is 6.94. The minimum atomic E-state index is -0.693. The largest absolute Gasteiger partial charge is 0.518 e. The van der Waals surface area contributed by atoms with E-state index in [1.165, 1.54) is 0 Å². The van der Waals surface area contributed by atoms with Crippen LogP contribution in [0.3, 0.4) is 0 Å². The Kier molecular flexibility index (Phi) is 4.84. The highest BCUT2D eigenvalue weighted by Crippen LogP contribution is 2.02. The third kappa shape index (κ3) is 4.55. The number of rotatable bonds is 2. The van der Waals surface area contributed by atoms with Crippen molar-refractivity contribution in [2.45, 2.75) is 27.7 Å². The van der Waals surface area contributed by atoms with Gasteiger partial charge in [0, 0.05) is 0 Å². The van der Waals surface area contributed by atoms with Gasteiger partial charge in [0.2, 0.25) is 0 Å². The van der Waals surface area contributed by atoms with E-state index >= 15 is 0 Å². The summed E-state index contributed by atoms with van der Waals surface area (Å²) < 4.78 is 9.46. The molecule has 0 aromatic heterocycles. The summed E-state index contributed by atoms with van der Waals surface area (Å²) in [4.78, 5) is 10.9. The molecule has 0 aromatic carbocycles. The quantitative estimate of drug-likeness (QED) is 0.472. The first-order valence-corrected chi connectivity index (χ1v) is 3.75. The van der Waals surface area contributed by atoms with Crippen molar-refractivity contribution in [1.82, 2.24) is 0 Å². The van der Waals surface area contributed by atoms with Gasteiger partial charge in [0.25, 0.3) is 0 Å². The molecule has 0 aliphatic heterocycles. The van der Waals surface area contributed by atoms with Gasteiger partial charge in [-0.1, -0.05) is 0 Å². The van der Waals surface area contributed by atoms with Crippen LogP contribution in [0, 0.1) is 0 Å². The molecule has 0 unspecified atom stereocenters. The van der Waals surface area contributed by atoms with E-state index in [2.05, 4.69) is 0 Å². The monoisotopic (exact) mass is 170 g/mol. The van der Waals surface area contributed by atoms with E-state index in [9.17, 15) is 4.79 Å². The second kappa shape index (κ2) is 5.41. The lowest BCUT2D eigenvalue weighted by molar-refractivity contribution is 0.102. The maximum atomic E-state index is 10.9. The smallest absolute Gasteiger partial charge is 0.400 e. The Hall–Kier alpha value is -1.25. The van der Waals surface area contributed by atoms with E-state index in [4.69, 9.17) is 9.47 Å². The molecule has 0 rings (SSSR count). The molecule has 0 saturated carbocycles. The molecule has 0 saturated heterocycles. The molecule has 0 amide bonds. The average Bonchev–Trinajstić information content (AvgIpc) is 2.03. The zero-order chi connectivity index (χ0) is 9.56.